The molecule has 30 heavy (non-hydrogen) atoms. The summed E-state index contributed by atoms with van der Waals surface area (Å²) in [4.78, 5) is 15.2. The number of anilines is 1. The number of ether oxygens (including phenoxy) is 1. The second-order valence-corrected chi connectivity index (χ2v) is 8.82. The second-order valence-electron chi connectivity index (χ2n) is 8.42. The van der Waals surface area contributed by atoms with E-state index in [1.807, 2.05) is 26.8 Å². The summed E-state index contributed by atoms with van der Waals surface area (Å²) in [5.41, 5.74) is 3.28. The van der Waals surface area contributed by atoms with Gasteiger partial charge in [-0.2, -0.15) is 0 Å². The molecule has 1 amide bonds. The SMILES string of the molecule is CC[C@@H](Oc1ccc(Cl)c(C)c1)C(=O)N[C@@H](C)c1ccc(N2CCC(C)CC2)cc1. The minimum absolute atomic E-state index is 0.0856. The molecule has 3 rings (SSSR count). The van der Waals surface area contributed by atoms with Crippen LogP contribution in [0.5, 0.6) is 5.75 Å². The van der Waals surface area contributed by atoms with Gasteiger partial charge in [0.1, 0.15) is 5.75 Å². The summed E-state index contributed by atoms with van der Waals surface area (Å²) in [5.74, 6) is 1.37. The van der Waals surface area contributed by atoms with Gasteiger partial charge in [0.25, 0.3) is 5.91 Å². The molecule has 0 spiro atoms. The lowest BCUT2D eigenvalue weighted by molar-refractivity contribution is -0.128. The Kier molecular flexibility index (Phi) is 7.65. The van der Waals surface area contributed by atoms with Crippen molar-refractivity contribution in [2.24, 2.45) is 5.92 Å². The quantitative estimate of drug-likeness (QED) is 0.595. The molecular formula is C25H33ClN2O2. The van der Waals surface area contributed by atoms with Crippen LogP contribution in [0.1, 0.15) is 57.2 Å². The summed E-state index contributed by atoms with van der Waals surface area (Å²) in [6.07, 6.45) is 2.55. The molecule has 0 radical (unpaired) electrons. The fraction of sp³-hybridized carbons (Fsp3) is 0.480. The summed E-state index contributed by atoms with van der Waals surface area (Å²) < 4.78 is 5.93. The second kappa shape index (κ2) is 10.2. The summed E-state index contributed by atoms with van der Waals surface area (Å²) >= 11 is 6.08. The molecule has 1 aliphatic rings. The van der Waals surface area contributed by atoms with E-state index in [2.05, 4.69) is 41.4 Å². The van der Waals surface area contributed by atoms with Crippen molar-refractivity contribution < 1.29 is 9.53 Å². The van der Waals surface area contributed by atoms with Crippen LogP contribution >= 0.6 is 11.6 Å². The van der Waals surface area contributed by atoms with Crippen molar-refractivity contribution >= 4 is 23.2 Å². The average Bonchev–Trinajstić information content (AvgIpc) is 2.75. The van der Waals surface area contributed by atoms with Crippen molar-refractivity contribution in [3.63, 3.8) is 0 Å². The van der Waals surface area contributed by atoms with Gasteiger partial charge in [0.2, 0.25) is 0 Å². The summed E-state index contributed by atoms with van der Waals surface area (Å²) in [6.45, 7) is 10.4. The third kappa shape index (κ3) is 5.69. The first-order chi connectivity index (χ1) is 14.4. The maximum atomic E-state index is 12.8. The third-order valence-electron chi connectivity index (χ3n) is 5.97. The van der Waals surface area contributed by atoms with Gasteiger partial charge in [-0.3, -0.25) is 4.79 Å². The molecule has 162 valence electrons. The van der Waals surface area contributed by atoms with Crippen LogP contribution in [0.25, 0.3) is 0 Å². The zero-order chi connectivity index (χ0) is 21.7. The van der Waals surface area contributed by atoms with Gasteiger partial charge in [-0.05, 0) is 80.5 Å². The van der Waals surface area contributed by atoms with Crippen LogP contribution in [-0.2, 0) is 4.79 Å². The predicted molar refractivity (Wildman–Crippen MR) is 125 cm³/mol. The van der Waals surface area contributed by atoms with E-state index in [0.717, 1.165) is 30.1 Å². The maximum Gasteiger partial charge on any atom is 0.261 e. The number of aryl methyl sites for hydroxylation is 1. The molecule has 1 aliphatic heterocycles. The number of piperidine rings is 1. The van der Waals surface area contributed by atoms with E-state index in [1.165, 1.54) is 18.5 Å². The summed E-state index contributed by atoms with van der Waals surface area (Å²) in [7, 11) is 0. The smallest absolute Gasteiger partial charge is 0.261 e. The molecule has 1 heterocycles. The van der Waals surface area contributed by atoms with Crippen molar-refractivity contribution in [3.05, 3.63) is 58.6 Å². The normalized spacial score (nSPS) is 16.8. The van der Waals surface area contributed by atoms with Crippen LogP contribution < -0.4 is 15.0 Å². The molecule has 0 saturated carbocycles. The summed E-state index contributed by atoms with van der Waals surface area (Å²) in [5, 5.41) is 3.79. The van der Waals surface area contributed by atoms with Gasteiger partial charge < -0.3 is 15.0 Å². The molecule has 1 N–H and O–H groups in total. The molecule has 2 aromatic carbocycles. The Labute approximate surface area is 185 Å². The number of hydrogen-bond donors (Lipinski definition) is 1. The van der Waals surface area contributed by atoms with Gasteiger partial charge in [0.15, 0.2) is 6.10 Å². The van der Waals surface area contributed by atoms with Gasteiger partial charge >= 0.3 is 0 Å². The van der Waals surface area contributed by atoms with E-state index in [0.29, 0.717) is 17.2 Å². The maximum absolute atomic E-state index is 12.8. The monoisotopic (exact) mass is 428 g/mol. The number of nitrogens with one attached hydrogen (secondary N) is 1. The van der Waals surface area contributed by atoms with Gasteiger partial charge in [-0.1, -0.05) is 37.6 Å². The third-order valence-corrected chi connectivity index (χ3v) is 6.40. The number of carbonyl (C=O) groups excluding carboxylic acids is 1. The average molecular weight is 429 g/mol. The Balaban J connectivity index is 1.58. The van der Waals surface area contributed by atoms with Crippen LogP contribution in [0.3, 0.4) is 0 Å². The lowest BCUT2D eigenvalue weighted by Gasteiger charge is -2.32. The first-order valence-corrected chi connectivity index (χ1v) is 11.3. The Morgan fingerprint density at radius 1 is 1.20 bits per heavy atom. The highest BCUT2D eigenvalue weighted by atomic mass is 35.5. The minimum Gasteiger partial charge on any atom is -0.481 e. The number of amides is 1. The Bertz CT molecular complexity index is 845. The molecule has 0 bridgehead atoms. The number of hydrogen-bond acceptors (Lipinski definition) is 3. The van der Waals surface area contributed by atoms with Crippen LogP contribution in [0, 0.1) is 12.8 Å². The van der Waals surface area contributed by atoms with Crippen molar-refractivity contribution in [1.29, 1.82) is 0 Å². The summed E-state index contributed by atoms with van der Waals surface area (Å²) in [6, 6.07) is 13.9. The standard InChI is InChI=1S/C25H33ClN2O2/c1-5-24(30-22-10-11-23(26)18(3)16-22)25(29)27-19(4)20-6-8-21(9-7-20)28-14-12-17(2)13-15-28/h6-11,16-17,19,24H,5,12-15H2,1-4H3,(H,27,29)/t19-,24+/m0/s1. The van der Waals surface area contributed by atoms with Crippen LogP contribution in [0.15, 0.2) is 42.5 Å². The minimum atomic E-state index is -0.539. The van der Waals surface area contributed by atoms with Crippen LogP contribution in [0.4, 0.5) is 5.69 Å². The van der Waals surface area contributed by atoms with Crippen LogP contribution in [0.2, 0.25) is 5.02 Å². The molecule has 4 nitrogen and oxygen atoms in total. The first kappa shape index (κ1) is 22.5. The van der Waals surface area contributed by atoms with E-state index in [4.69, 9.17) is 16.3 Å². The molecule has 2 atom stereocenters. The Morgan fingerprint density at radius 2 is 1.87 bits per heavy atom. The van der Waals surface area contributed by atoms with Crippen molar-refractivity contribution in [2.45, 2.75) is 59.1 Å². The van der Waals surface area contributed by atoms with E-state index in [-0.39, 0.29) is 11.9 Å². The number of halogens is 1. The van der Waals surface area contributed by atoms with Gasteiger partial charge in [-0.25, -0.2) is 0 Å². The molecule has 1 fully saturated rings. The van der Waals surface area contributed by atoms with E-state index in [9.17, 15) is 4.79 Å². The van der Waals surface area contributed by atoms with Crippen molar-refractivity contribution in [3.8, 4) is 5.75 Å². The van der Waals surface area contributed by atoms with E-state index >= 15 is 0 Å². The Hall–Kier alpha value is -2.20. The van der Waals surface area contributed by atoms with Gasteiger partial charge in [0, 0.05) is 23.8 Å². The topological polar surface area (TPSA) is 41.6 Å². The molecule has 0 aromatic heterocycles. The lowest BCUT2D eigenvalue weighted by atomic mass is 9.98. The number of nitrogens with zero attached hydrogens (tertiary/aromatic N) is 1. The molecule has 5 heteroatoms. The Morgan fingerprint density at radius 3 is 2.47 bits per heavy atom. The van der Waals surface area contributed by atoms with Crippen LogP contribution in [-0.4, -0.2) is 25.1 Å². The fourth-order valence-corrected chi connectivity index (χ4v) is 3.92. The zero-order valence-corrected chi connectivity index (χ0v) is 19.2. The molecule has 1 saturated heterocycles. The first-order valence-electron chi connectivity index (χ1n) is 11.0. The molecule has 2 aromatic rings. The van der Waals surface area contributed by atoms with E-state index in [1.54, 1.807) is 12.1 Å². The number of carbonyl (C=O) groups is 1. The number of benzene rings is 2. The molecular weight excluding hydrogens is 396 g/mol. The van der Waals surface area contributed by atoms with E-state index < -0.39 is 6.10 Å². The fourth-order valence-electron chi connectivity index (χ4n) is 3.81. The highest BCUT2D eigenvalue weighted by Crippen LogP contribution is 2.25. The van der Waals surface area contributed by atoms with Gasteiger partial charge in [-0.15, -0.1) is 0 Å². The lowest BCUT2D eigenvalue weighted by Crippen LogP contribution is -2.39. The number of rotatable bonds is 7. The van der Waals surface area contributed by atoms with Crippen molar-refractivity contribution in [2.75, 3.05) is 18.0 Å². The van der Waals surface area contributed by atoms with Gasteiger partial charge in [0.05, 0.1) is 6.04 Å². The molecule has 0 unspecified atom stereocenters. The predicted octanol–water partition coefficient (Wildman–Crippen LogP) is 5.92. The molecule has 0 aliphatic carbocycles. The zero-order valence-electron chi connectivity index (χ0n) is 18.5. The highest BCUT2D eigenvalue weighted by Gasteiger charge is 2.21. The van der Waals surface area contributed by atoms with Crippen molar-refractivity contribution in [1.82, 2.24) is 5.32 Å². The highest BCUT2D eigenvalue weighted by molar-refractivity contribution is 6.31. The largest absolute Gasteiger partial charge is 0.481 e.